The largest absolute Gasteiger partial charge is 0.312 e. The zero-order chi connectivity index (χ0) is 20.2. The molecule has 0 saturated carbocycles. The number of hydrogen-bond acceptors (Lipinski definition) is 3. The van der Waals surface area contributed by atoms with Crippen LogP contribution in [-0.2, 0) is 11.2 Å². The van der Waals surface area contributed by atoms with Gasteiger partial charge in [0.1, 0.15) is 5.82 Å². The number of aromatic nitrogens is 1. The van der Waals surface area contributed by atoms with Crippen LogP contribution in [0.15, 0.2) is 72.9 Å². The van der Waals surface area contributed by atoms with E-state index in [2.05, 4.69) is 29.4 Å². The molecule has 3 aromatic rings. The molecule has 0 radical (unpaired) electrons. The SMILES string of the molecule is CCc1ccc(C(=O)Nc2cc(N3CC(c4ccccc4)CC3=O)ccn2)cc1. The Morgan fingerprint density at radius 2 is 1.86 bits per heavy atom. The average molecular weight is 385 g/mol. The molecule has 1 saturated heterocycles. The van der Waals surface area contributed by atoms with Gasteiger partial charge in [-0.25, -0.2) is 4.98 Å². The minimum Gasteiger partial charge on any atom is -0.312 e. The number of rotatable bonds is 5. The summed E-state index contributed by atoms with van der Waals surface area (Å²) in [5, 5.41) is 2.83. The van der Waals surface area contributed by atoms with E-state index in [1.807, 2.05) is 42.5 Å². The summed E-state index contributed by atoms with van der Waals surface area (Å²) in [6, 6.07) is 21.2. The van der Waals surface area contributed by atoms with E-state index in [9.17, 15) is 9.59 Å². The Hall–Kier alpha value is -3.47. The molecule has 5 nitrogen and oxygen atoms in total. The van der Waals surface area contributed by atoms with Gasteiger partial charge in [-0.05, 0) is 35.7 Å². The Morgan fingerprint density at radius 1 is 1.10 bits per heavy atom. The monoisotopic (exact) mass is 385 g/mol. The van der Waals surface area contributed by atoms with Gasteiger partial charge in [-0.15, -0.1) is 0 Å². The van der Waals surface area contributed by atoms with Crippen LogP contribution in [0.5, 0.6) is 0 Å². The molecule has 0 aliphatic carbocycles. The number of amides is 2. The lowest BCUT2D eigenvalue weighted by atomic mass is 9.99. The second-order valence-corrected chi connectivity index (χ2v) is 7.22. The number of pyridine rings is 1. The quantitative estimate of drug-likeness (QED) is 0.707. The number of nitrogens with zero attached hydrogens (tertiary/aromatic N) is 2. The molecule has 146 valence electrons. The summed E-state index contributed by atoms with van der Waals surface area (Å²) in [5.41, 5.74) is 3.68. The lowest BCUT2D eigenvalue weighted by Gasteiger charge is -2.17. The summed E-state index contributed by atoms with van der Waals surface area (Å²) < 4.78 is 0. The maximum atomic E-state index is 12.6. The number of aryl methyl sites for hydroxylation is 1. The number of hydrogen-bond donors (Lipinski definition) is 1. The molecule has 0 spiro atoms. The summed E-state index contributed by atoms with van der Waals surface area (Å²) in [7, 11) is 0. The highest BCUT2D eigenvalue weighted by Crippen LogP contribution is 2.32. The maximum Gasteiger partial charge on any atom is 0.256 e. The predicted molar refractivity (Wildman–Crippen MR) is 114 cm³/mol. The van der Waals surface area contributed by atoms with E-state index in [-0.39, 0.29) is 17.7 Å². The van der Waals surface area contributed by atoms with E-state index in [0.29, 0.717) is 24.3 Å². The van der Waals surface area contributed by atoms with E-state index in [1.165, 1.54) is 11.1 Å². The Labute approximate surface area is 170 Å². The fourth-order valence-electron chi connectivity index (χ4n) is 3.64. The van der Waals surface area contributed by atoms with Crippen molar-refractivity contribution in [2.45, 2.75) is 25.7 Å². The fourth-order valence-corrected chi connectivity index (χ4v) is 3.64. The van der Waals surface area contributed by atoms with Gasteiger partial charge >= 0.3 is 0 Å². The van der Waals surface area contributed by atoms with Crippen molar-refractivity contribution in [3.63, 3.8) is 0 Å². The minimum atomic E-state index is -0.216. The van der Waals surface area contributed by atoms with E-state index < -0.39 is 0 Å². The molecule has 1 aliphatic rings. The van der Waals surface area contributed by atoms with Crippen molar-refractivity contribution in [1.82, 2.24) is 4.98 Å². The van der Waals surface area contributed by atoms with E-state index in [1.54, 1.807) is 23.2 Å². The zero-order valence-electron chi connectivity index (χ0n) is 16.3. The van der Waals surface area contributed by atoms with Gasteiger partial charge in [0.25, 0.3) is 5.91 Å². The zero-order valence-corrected chi connectivity index (χ0v) is 16.3. The third kappa shape index (κ3) is 4.19. The van der Waals surface area contributed by atoms with Crippen LogP contribution in [0.2, 0.25) is 0 Å². The first-order chi connectivity index (χ1) is 14.1. The highest BCUT2D eigenvalue weighted by Gasteiger charge is 2.31. The van der Waals surface area contributed by atoms with Gasteiger partial charge in [0, 0.05) is 42.4 Å². The Kier molecular flexibility index (Phi) is 5.38. The van der Waals surface area contributed by atoms with Gasteiger partial charge < -0.3 is 10.2 Å². The molecular formula is C24H23N3O2. The summed E-state index contributed by atoms with van der Waals surface area (Å²) in [5.74, 6) is 0.472. The Bertz CT molecular complexity index is 1020. The minimum absolute atomic E-state index is 0.0810. The maximum absolute atomic E-state index is 12.6. The highest BCUT2D eigenvalue weighted by molar-refractivity contribution is 6.04. The van der Waals surface area contributed by atoms with Crippen LogP contribution in [0, 0.1) is 0 Å². The number of anilines is 2. The molecular weight excluding hydrogens is 362 g/mol. The van der Waals surface area contributed by atoms with Crippen LogP contribution in [0.25, 0.3) is 0 Å². The smallest absolute Gasteiger partial charge is 0.256 e. The number of carbonyl (C=O) groups is 2. The number of benzene rings is 2. The molecule has 29 heavy (non-hydrogen) atoms. The van der Waals surface area contributed by atoms with Gasteiger partial charge in [0.05, 0.1) is 0 Å². The second kappa shape index (κ2) is 8.27. The second-order valence-electron chi connectivity index (χ2n) is 7.22. The van der Waals surface area contributed by atoms with Crippen LogP contribution >= 0.6 is 0 Å². The molecule has 2 heterocycles. The predicted octanol–water partition coefficient (Wildman–Crippen LogP) is 4.42. The molecule has 1 unspecified atom stereocenters. The van der Waals surface area contributed by atoms with Gasteiger partial charge in [-0.1, -0.05) is 49.4 Å². The van der Waals surface area contributed by atoms with Gasteiger partial charge in [-0.3, -0.25) is 9.59 Å². The summed E-state index contributed by atoms with van der Waals surface area (Å²) in [6.07, 6.45) is 3.03. The molecule has 1 aromatic heterocycles. The van der Waals surface area contributed by atoms with Crippen molar-refractivity contribution in [2.24, 2.45) is 0 Å². The highest BCUT2D eigenvalue weighted by atomic mass is 16.2. The van der Waals surface area contributed by atoms with Crippen molar-refractivity contribution in [3.05, 3.63) is 89.6 Å². The lowest BCUT2D eigenvalue weighted by Crippen LogP contribution is -2.24. The topological polar surface area (TPSA) is 62.3 Å². The molecule has 2 aromatic carbocycles. The third-order valence-corrected chi connectivity index (χ3v) is 5.32. The van der Waals surface area contributed by atoms with Crippen LogP contribution in [0.4, 0.5) is 11.5 Å². The molecule has 5 heteroatoms. The molecule has 2 amide bonds. The van der Waals surface area contributed by atoms with Crippen molar-refractivity contribution in [2.75, 3.05) is 16.8 Å². The third-order valence-electron chi connectivity index (χ3n) is 5.32. The number of carbonyl (C=O) groups excluding carboxylic acids is 2. The molecule has 1 atom stereocenters. The summed E-state index contributed by atoms with van der Waals surface area (Å²) in [4.78, 5) is 31.1. The van der Waals surface area contributed by atoms with E-state index in [0.717, 1.165) is 12.1 Å². The molecule has 0 bridgehead atoms. The molecule has 1 fully saturated rings. The van der Waals surface area contributed by atoms with Crippen LogP contribution in [0.1, 0.15) is 40.7 Å². The van der Waals surface area contributed by atoms with Crippen molar-refractivity contribution in [1.29, 1.82) is 0 Å². The molecule has 4 rings (SSSR count). The molecule has 1 N–H and O–H groups in total. The van der Waals surface area contributed by atoms with Crippen LogP contribution in [0.3, 0.4) is 0 Å². The standard InChI is InChI=1S/C24H23N3O2/c1-2-17-8-10-19(11-9-17)24(29)26-22-15-21(12-13-25-22)27-16-20(14-23(27)28)18-6-4-3-5-7-18/h3-13,15,20H,2,14,16H2,1H3,(H,25,26,29). The lowest BCUT2D eigenvalue weighted by molar-refractivity contribution is -0.117. The van der Waals surface area contributed by atoms with E-state index in [4.69, 9.17) is 0 Å². The van der Waals surface area contributed by atoms with Crippen LogP contribution < -0.4 is 10.2 Å². The van der Waals surface area contributed by atoms with Crippen LogP contribution in [-0.4, -0.2) is 23.3 Å². The van der Waals surface area contributed by atoms with Crippen molar-refractivity contribution < 1.29 is 9.59 Å². The van der Waals surface area contributed by atoms with Crippen molar-refractivity contribution in [3.8, 4) is 0 Å². The fraction of sp³-hybridized carbons (Fsp3) is 0.208. The Morgan fingerprint density at radius 3 is 2.59 bits per heavy atom. The molecule has 1 aliphatic heterocycles. The first-order valence-corrected chi connectivity index (χ1v) is 9.85. The van der Waals surface area contributed by atoms with Crippen molar-refractivity contribution >= 4 is 23.3 Å². The van der Waals surface area contributed by atoms with Gasteiger partial charge in [-0.2, -0.15) is 0 Å². The normalized spacial score (nSPS) is 16.1. The Balaban J connectivity index is 1.48. The first-order valence-electron chi connectivity index (χ1n) is 9.85. The number of nitrogens with one attached hydrogen (secondary N) is 1. The van der Waals surface area contributed by atoms with Gasteiger partial charge in [0.15, 0.2) is 0 Å². The van der Waals surface area contributed by atoms with Gasteiger partial charge in [0.2, 0.25) is 5.91 Å². The summed E-state index contributed by atoms with van der Waals surface area (Å²) >= 11 is 0. The first kappa shape index (κ1) is 18.9. The van der Waals surface area contributed by atoms with E-state index >= 15 is 0 Å². The summed E-state index contributed by atoms with van der Waals surface area (Å²) in [6.45, 7) is 2.70. The average Bonchev–Trinajstić information content (AvgIpc) is 3.16.